The van der Waals surface area contributed by atoms with Crippen LogP contribution in [0.3, 0.4) is 0 Å². The Morgan fingerprint density at radius 3 is 2.92 bits per heavy atom. The van der Waals surface area contributed by atoms with Crippen LogP contribution < -0.4 is 0 Å². The van der Waals surface area contributed by atoms with Gasteiger partial charge in [0.05, 0.1) is 21.5 Å². The second kappa shape index (κ2) is 2.82. The van der Waals surface area contributed by atoms with E-state index in [1.165, 1.54) is 0 Å². The Morgan fingerprint density at radius 2 is 2.23 bits per heavy atom. The molecule has 0 radical (unpaired) electrons. The number of aromatic nitrogens is 1. The maximum absolute atomic E-state index is 8.91. The zero-order valence-electron chi connectivity index (χ0n) is 7.46. The number of fused-ring (bicyclic) bond motifs is 1. The summed E-state index contributed by atoms with van der Waals surface area (Å²) < 4.78 is 1.13. The lowest BCUT2D eigenvalue weighted by atomic mass is 10.1. The monoisotopic (exact) mass is 188 g/mol. The summed E-state index contributed by atoms with van der Waals surface area (Å²) in [6.07, 6.45) is 0. The average molecular weight is 188 g/mol. The fraction of sp³-hybridized carbons (Fsp3) is 0.200. The third kappa shape index (κ3) is 1.11. The Bertz CT molecular complexity index is 505. The van der Waals surface area contributed by atoms with E-state index in [2.05, 4.69) is 11.1 Å². The van der Waals surface area contributed by atoms with E-state index >= 15 is 0 Å². The molecule has 0 aliphatic heterocycles. The summed E-state index contributed by atoms with van der Waals surface area (Å²) in [5, 5.41) is 10.9. The lowest BCUT2D eigenvalue weighted by molar-refractivity contribution is 1.21. The van der Waals surface area contributed by atoms with Gasteiger partial charge in [-0.15, -0.1) is 11.3 Å². The first-order chi connectivity index (χ1) is 6.24. The maximum Gasteiger partial charge on any atom is 0.101 e. The molecule has 2 aromatic rings. The summed E-state index contributed by atoms with van der Waals surface area (Å²) in [4.78, 5) is 4.36. The van der Waals surface area contributed by atoms with Crippen LogP contribution in [0.2, 0.25) is 0 Å². The molecule has 0 saturated heterocycles. The number of hydrogen-bond acceptors (Lipinski definition) is 3. The van der Waals surface area contributed by atoms with Crippen LogP contribution in [0.25, 0.3) is 10.2 Å². The van der Waals surface area contributed by atoms with Gasteiger partial charge in [-0.25, -0.2) is 0 Å². The van der Waals surface area contributed by atoms with E-state index in [-0.39, 0.29) is 0 Å². The van der Waals surface area contributed by atoms with Crippen molar-refractivity contribution in [1.29, 1.82) is 5.26 Å². The lowest BCUT2D eigenvalue weighted by Crippen LogP contribution is -1.91. The Kier molecular flexibility index (Phi) is 1.78. The Morgan fingerprint density at radius 1 is 1.46 bits per heavy atom. The lowest BCUT2D eigenvalue weighted by Gasteiger charge is -2.01. The molecule has 2 rings (SSSR count). The average Bonchev–Trinajstić information content (AvgIpc) is 2.53. The molecular weight excluding hydrogens is 180 g/mol. The predicted octanol–water partition coefficient (Wildman–Crippen LogP) is 2.78. The van der Waals surface area contributed by atoms with E-state index in [0.29, 0.717) is 0 Å². The zero-order valence-corrected chi connectivity index (χ0v) is 8.27. The van der Waals surface area contributed by atoms with Crippen LogP contribution in [0, 0.1) is 25.2 Å². The molecular formula is C10H8N2S. The second-order valence-corrected chi connectivity index (χ2v) is 3.86. The van der Waals surface area contributed by atoms with Crippen molar-refractivity contribution in [2.75, 3.05) is 0 Å². The highest BCUT2D eigenvalue weighted by molar-refractivity contribution is 7.17. The molecule has 0 saturated carbocycles. The summed E-state index contributed by atoms with van der Waals surface area (Å²) in [6.45, 7) is 3.86. The van der Waals surface area contributed by atoms with Crippen LogP contribution in [-0.4, -0.2) is 4.98 Å². The van der Waals surface area contributed by atoms with Crippen LogP contribution in [0.1, 0.15) is 16.8 Å². The molecule has 0 N–H and O–H groups in total. The number of hydrogen-bond donors (Lipinski definition) is 0. The SMILES string of the molecule is Cc1nc2ccsc2c(C)c1C#N. The number of nitrogens with zero attached hydrogens (tertiary/aromatic N) is 2. The van der Waals surface area contributed by atoms with Crippen molar-refractivity contribution in [2.24, 2.45) is 0 Å². The summed E-state index contributed by atoms with van der Waals surface area (Å²) >= 11 is 1.64. The number of aryl methyl sites for hydroxylation is 2. The van der Waals surface area contributed by atoms with Crippen molar-refractivity contribution in [1.82, 2.24) is 4.98 Å². The first-order valence-electron chi connectivity index (χ1n) is 3.98. The molecule has 0 aliphatic rings. The van der Waals surface area contributed by atoms with E-state index < -0.39 is 0 Å². The fourth-order valence-corrected chi connectivity index (χ4v) is 2.30. The van der Waals surface area contributed by atoms with Crippen LogP contribution in [0.15, 0.2) is 11.4 Å². The highest BCUT2D eigenvalue weighted by Gasteiger charge is 2.08. The van der Waals surface area contributed by atoms with Crippen molar-refractivity contribution in [3.8, 4) is 6.07 Å². The van der Waals surface area contributed by atoms with Gasteiger partial charge in [0.2, 0.25) is 0 Å². The van der Waals surface area contributed by atoms with Crippen LogP contribution in [0.5, 0.6) is 0 Å². The molecule has 0 atom stereocenters. The van der Waals surface area contributed by atoms with Gasteiger partial charge in [0, 0.05) is 0 Å². The van der Waals surface area contributed by atoms with E-state index in [4.69, 9.17) is 5.26 Å². The van der Waals surface area contributed by atoms with Crippen molar-refractivity contribution in [3.63, 3.8) is 0 Å². The Hall–Kier alpha value is -1.40. The summed E-state index contributed by atoms with van der Waals surface area (Å²) in [6, 6.07) is 4.18. The largest absolute Gasteiger partial charge is 0.251 e. The van der Waals surface area contributed by atoms with Crippen molar-refractivity contribution < 1.29 is 0 Å². The summed E-state index contributed by atoms with van der Waals surface area (Å²) in [5.41, 5.74) is 3.60. The van der Waals surface area contributed by atoms with Crippen LogP contribution >= 0.6 is 11.3 Å². The molecule has 2 heterocycles. The minimum atomic E-state index is 0.718. The van der Waals surface area contributed by atoms with Gasteiger partial charge in [0.15, 0.2) is 0 Å². The maximum atomic E-state index is 8.91. The van der Waals surface area contributed by atoms with E-state index in [0.717, 1.165) is 27.0 Å². The highest BCUT2D eigenvalue weighted by atomic mass is 32.1. The predicted molar refractivity (Wildman–Crippen MR) is 53.8 cm³/mol. The minimum absolute atomic E-state index is 0.718. The van der Waals surface area contributed by atoms with Gasteiger partial charge in [0.25, 0.3) is 0 Å². The van der Waals surface area contributed by atoms with Gasteiger partial charge in [-0.1, -0.05) is 0 Å². The molecule has 0 aliphatic carbocycles. The molecule has 0 amide bonds. The minimum Gasteiger partial charge on any atom is -0.251 e. The molecule has 0 unspecified atom stereocenters. The smallest absolute Gasteiger partial charge is 0.101 e. The van der Waals surface area contributed by atoms with Crippen molar-refractivity contribution in [2.45, 2.75) is 13.8 Å². The zero-order chi connectivity index (χ0) is 9.42. The van der Waals surface area contributed by atoms with Crippen molar-refractivity contribution in [3.05, 3.63) is 28.3 Å². The molecule has 13 heavy (non-hydrogen) atoms. The van der Waals surface area contributed by atoms with Gasteiger partial charge < -0.3 is 0 Å². The molecule has 0 aromatic carbocycles. The van der Waals surface area contributed by atoms with Gasteiger partial charge in [-0.3, -0.25) is 4.98 Å². The third-order valence-corrected chi connectivity index (χ3v) is 3.14. The Balaban J connectivity index is 2.95. The number of rotatable bonds is 0. The van der Waals surface area contributed by atoms with Gasteiger partial charge in [0.1, 0.15) is 6.07 Å². The van der Waals surface area contributed by atoms with Crippen molar-refractivity contribution >= 4 is 21.6 Å². The molecule has 2 aromatic heterocycles. The summed E-state index contributed by atoms with van der Waals surface area (Å²) in [7, 11) is 0. The van der Waals surface area contributed by atoms with Gasteiger partial charge in [-0.2, -0.15) is 5.26 Å². The second-order valence-electron chi connectivity index (χ2n) is 2.94. The number of pyridine rings is 1. The number of nitriles is 1. The Labute approximate surface area is 80.5 Å². The molecule has 0 fully saturated rings. The van der Waals surface area contributed by atoms with E-state index in [1.807, 2.05) is 25.3 Å². The molecule has 0 bridgehead atoms. The quantitative estimate of drug-likeness (QED) is 0.637. The normalized spacial score (nSPS) is 10.2. The highest BCUT2D eigenvalue weighted by Crippen LogP contribution is 2.26. The van der Waals surface area contributed by atoms with Gasteiger partial charge >= 0.3 is 0 Å². The first kappa shape index (κ1) is 8.21. The number of thiophene rings is 1. The molecule has 0 spiro atoms. The summed E-state index contributed by atoms with van der Waals surface area (Å²) in [5.74, 6) is 0. The molecule has 2 nitrogen and oxygen atoms in total. The topological polar surface area (TPSA) is 36.7 Å². The van der Waals surface area contributed by atoms with E-state index in [9.17, 15) is 0 Å². The molecule has 3 heteroatoms. The fourth-order valence-electron chi connectivity index (χ4n) is 1.46. The molecule has 64 valence electrons. The third-order valence-electron chi connectivity index (χ3n) is 2.12. The van der Waals surface area contributed by atoms with Gasteiger partial charge in [-0.05, 0) is 30.9 Å². The van der Waals surface area contributed by atoms with Crippen LogP contribution in [0.4, 0.5) is 0 Å². The standard InChI is InChI=1S/C10H8N2S/c1-6-8(5-11)7(2)12-9-3-4-13-10(6)9/h3-4H,1-2H3. The first-order valence-corrected chi connectivity index (χ1v) is 4.86. The van der Waals surface area contributed by atoms with E-state index in [1.54, 1.807) is 11.3 Å². The van der Waals surface area contributed by atoms with Crippen LogP contribution in [-0.2, 0) is 0 Å².